The van der Waals surface area contributed by atoms with E-state index in [1.54, 1.807) is 24.3 Å². The molecule has 1 fully saturated rings. The van der Waals surface area contributed by atoms with E-state index in [0.717, 1.165) is 25.9 Å². The summed E-state index contributed by atoms with van der Waals surface area (Å²) >= 11 is 0. The first-order chi connectivity index (χ1) is 13.9. The van der Waals surface area contributed by atoms with Crippen LogP contribution < -0.4 is 5.32 Å². The maximum absolute atomic E-state index is 13.2. The van der Waals surface area contributed by atoms with E-state index in [1.807, 2.05) is 18.7 Å². The van der Waals surface area contributed by atoms with Gasteiger partial charge in [0.25, 0.3) is 11.8 Å². The summed E-state index contributed by atoms with van der Waals surface area (Å²) in [5, 5.41) is 2.72. The van der Waals surface area contributed by atoms with Gasteiger partial charge in [-0.1, -0.05) is 12.1 Å². The normalized spacial score (nSPS) is 17.1. The van der Waals surface area contributed by atoms with Crippen LogP contribution in [0, 0.1) is 0 Å². The lowest BCUT2D eigenvalue weighted by molar-refractivity contribution is -0.137. The van der Waals surface area contributed by atoms with Crippen molar-refractivity contribution in [2.75, 3.05) is 31.6 Å². The summed E-state index contributed by atoms with van der Waals surface area (Å²) < 4.78 is 5.55. The summed E-state index contributed by atoms with van der Waals surface area (Å²) in [6.45, 7) is 7.79. The Hall–Kier alpha value is -2.67. The largest absolute Gasteiger partial charge is 0.379 e. The monoisotopic (exact) mass is 399 g/mol. The Morgan fingerprint density at radius 3 is 2.34 bits per heavy atom. The fourth-order valence-corrected chi connectivity index (χ4v) is 3.73. The molecule has 0 spiro atoms. The van der Waals surface area contributed by atoms with Crippen molar-refractivity contribution in [1.82, 2.24) is 9.80 Å². The molecule has 7 nitrogen and oxygen atoms in total. The van der Waals surface area contributed by atoms with Crippen LogP contribution in [0.1, 0.15) is 45.6 Å². The van der Waals surface area contributed by atoms with Gasteiger partial charge in [-0.3, -0.25) is 19.3 Å². The van der Waals surface area contributed by atoms with Crippen LogP contribution in [-0.4, -0.2) is 59.9 Å². The summed E-state index contributed by atoms with van der Waals surface area (Å²) in [6.07, 6.45) is 2.76. The third-order valence-corrected chi connectivity index (χ3v) is 5.04. The van der Waals surface area contributed by atoms with Gasteiger partial charge >= 0.3 is 0 Å². The summed E-state index contributed by atoms with van der Waals surface area (Å²) in [6, 6.07) is 7.07. The Balaban J connectivity index is 1.84. The molecule has 0 unspecified atom stereocenters. The summed E-state index contributed by atoms with van der Waals surface area (Å²) in [5.41, 5.74) is 2.31. The molecule has 29 heavy (non-hydrogen) atoms. The molecule has 3 amide bonds. The van der Waals surface area contributed by atoms with Crippen LogP contribution in [0.25, 0.3) is 5.57 Å². The Morgan fingerprint density at radius 1 is 1.10 bits per heavy atom. The minimum absolute atomic E-state index is 0.121. The number of rotatable bonds is 8. The third-order valence-electron chi connectivity index (χ3n) is 5.04. The Bertz CT molecular complexity index is 808. The number of amides is 3. The quantitative estimate of drug-likeness (QED) is 0.537. The second-order valence-corrected chi connectivity index (χ2v) is 7.71. The van der Waals surface area contributed by atoms with Crippen LogP contribution in [0.3, 0.4) is 0 Å². The maximum atomic E-state index is 13.2. The average molecular weight is 399 g/mol. The van der Waals surface area contributed by atoms with Crippen LogP contribution in [0.5, 0.6) is 0 Å². The van der Waals surface area contributed by atoms with Crippen LogP contribution in [0.2, 0.25) is 0 Å². The first-order valence-corrected chi connectivity index (χ1v) is 10.2. The molecule has 1 aromatic rings. The molecule has 0 saturated carbocycles. The zero-order chi connectivity index (χ0) is 21.0. The van der Waals surface area contributed by atoms with Crippen LogP contribution >= 0.6 is 0 Å². The van der Waals surface area contributed by atoms with Gasteiger partial charge in [0.05, 0.1) is 11.7 Å². The molecule has 0 bridgehead atoms. The minimum Gasteiger partial charge on any atom is -0.379 e. The molecule has 0 radical (unpaired) electrons. The van der Waals surface area contributed by atoms with Gasteiger partial charge in [0, 0.05) is 38.9 Å². The van der Waals surface area contributed by atoms with Gasteiger partial charge < -0.3 is 15.0 Å². The van der Waals surface area contributed by atoms with E-state index in [2.05, 4.69) is 5.32 Å². The van der Waals surface area contributed by atoms with Crippen LogP contribution in [-0.2, 0) is 19.1 Å². The van der Waals surface area contributed by atoms with Gasteiger partial charge in [-0.15, -0.1) is 0 Å². The van der Waals surface area contributed by atoms with Crippen molar-refractivity contribution >= 4 is 29.0 Å². The topological polar surface area (TPSA) is 79.0 Å². The van der Waals surface area contributed by atoms with Crippen molar-refractivity contribution in [3.8, 4) is 0 Å². The first-order valence-electron chi connectivity index (χ1n) is 10.2. The second kappa shape index (κ2) is 9.22. The molecule has 3 rings (SSSR count). The van der Waals surface area contributed by atoms with Gasteiger partial charge in [-0.05, 0) is 50.8 Å². The molecule has 2 aliphatic heterocycles. The fraction of sp³-hybridized carbons (Fsp3) is 0.500. The molecule has 1 saturated heterocycles. The van der Waals surface area contributed by atoms with Crippen LogP contribution in [0.15, 0.2) is 30.0 Å². The highest BCUT2D eigenvalue weighted by molar-refractivity contribution is 6.35. The molecular formula is C22H29N3O4. The molecule has 0 aromatic heterocycles. The predicted octanol–water partition coefficient (Wildman–Crippen LogP) is 2.64. The number of nitrogens with one attached hydrogen (secondary N) is 1. The van der Waals surface area contributed by atoms with E-state index in [9.17, 15) is 14.4 Å². The lowest BCUT2D eigenvalue weighted by Gasteiger charge is -2.20. The number of imide groups is 1. The number of benzene rings is 1. The van der Waals surface area contributed by atoms with Gasteiger partial charge in [0.1, 0.15) is 5.70 Å². The number of ether oxygens (including phenoxy) is 1. The van der Waals surface area contributed by atoms with Crippen molar-refractivity contribution in [3.05, 3.63) is 35.5 Å². The number of hydrogen-bond donors (Lipinski definition) is 1. The number of carbonyl (C=O) groups excluding carboxylic acids is 3. The molecule has 0 atom stereocenters. The summed E-state index contributed by atoms with van der Waals surface area (Å²) in [5.74, 6) is -0.632. The zero-order valence-electron chi connectivity index (χ0n) is 17.4. The number of hydrogen-bond acceptors (Lipinski definition) is 5. The van der Waals surface area contributed by atoms with Crippen molar-refractivity contribution in [2.45, 2.75) is 46.1 Å². The number of carbonyl (C=O) groups is 3. The van der Waals surface area contributed by atoms with Crippen molar-refractivity contribution in [2.24, 2.45) is 0 Å². The SMILES string of the molecule is CC(=O)Nc1ccc(C2=C(N3CCCC3)C(=O)N(CCCOC(C)C)C2=O)cc1. The van der Waals surface area contributed by atoms with E-state index < -0.39 is 0 Å². The third kappa shape index (κ3) is 4.85. The molecule has 7 heteroatoms. The zero-order valence-corrected chi connectivity index (χ0v) is 17.4. The molecule has 0 aliphatic carbocycles. The van der Waals surface area contributed by atoms with E-state index >= 15 is 0 Å². The Morgan fingerprint density at radius 2 is 1.76 bits per heavy atom. The lowest BCUT2D eigenvalue weighted by atomic mass is 10.0. The molecule has 2 aliphatic rings. The minimum atomic E-state index is -0.256. The highest BCUT2D eigenvalue weighted by atomic mass is 16.5. The fourth-order valence-electron chi connectivity index (χ4n) is 3.73. The van der Waals surface area contributed by atoms with E-state index in [4.69, 9.17) is 4.74 Å². The van der Waals surface area contributed by atoms with Crippen LogP contribution in [0.4, 0.5) is 5.69 Å². The molecule has 156 valence electrons. The van der Waals surface area contributed by atoms with E-state index in [0.29, 0.717) is 42.1 Å². The number of anilines is 1. The first kappa shape index (κ1) is 21.0. The summed E-state index contributed by atoms with van der Waals surface area (Å²) in [7, 11) is 0. The second-order valence-electron chi connectivity index (χ2n) is 7.71. The number of nitrogens with zero attached hydrogens (tertiary/aromatic N) is 2. The predicted molar refractivity (Wildman–Crippen MR) is 111 cm³/mol. The van der Waals surface area contributed by atoms with E-state index in [-0.39, 0.29) is 23.8 Å². The number of likely N-dealkylation sites (tertiary alicyclic amines) is 1. The highest BCUT2D eigenvalue weighted by Crippen LogP contribution is 2.33. The van der Waals surface area contributed by atoms with Crippen molar-refractivity contribution in [1.29, 1.82) is 0 Å². The van der Waals surface area contributed by atoms with Gasteiger partial charge in [0.15, 0.2) is 0 Å². The average Bonchev–Trinajstić information content (AvgIpc) is 3.26. The van der Waals surface area contributed by atoms with Crippen molar-refractivity contribution in [3.63, 3.8) is 0 Å². The smallest absolute Gasteiger partial charge is 0.277 e. The standard InChI is InChI=1S/C22H29N3O4/c1-15(2)29-14-6-13-25-21(27)19(20(22(25)28)24-11-4-5-12-24)17-7-9-18(10-8-17)23-16(3)26/h7-10,15H,4-6,11-14H2,1-3H3,(H,23,26). The maximum Gasteiger partial charge on any atom is 0.277 e. The molecule has 1 aromatic carbocycles. The van der Waals surface area contributed by atoms with Gasteiger partial charge in [-0.2, -0.15) is 0 Å². The molecule has 2 heterocycles. The Kier molecular flexibility index (Phi) is 6.69. The van der Waals surface area contributed by atoms with E-state index in [1.165, 1.54) is 11.8 Å². The highest BCUT2D eigenvalue weighted by Gasteiger charge is 2.41. The molecule has 1 N–H and O–H groups in total. The van der Waals surface area contributed by atoms with Gasteiger partial charge in [0.2, 0.25) is 5.91 Å². The summed E-state index contributed by atoms with van der Waals surface area (Å²) in [4.78, 5) is 40.9. The van der Waals surface area contributed by atoms with Gasteiger partial charge in [-0.25, -0.2) is 0 Å². The molecular weight excluding hydrogens is 370 g/mol. The lowest BCUT2D eigenvalue weighted by Crippen LogP contribution is -2.35. The Labute approximate surface area is 171 Å². The van der Waals surface area contributed by atoms with Crippen molar-refractivity contribution < 1.29 is 19.1 Å².